The Morgan fingerprint density at radius 3 is 2.60 bits per heavy atom. The highest BCUT2D eigenvalue weighted by atomic mass is 16.5. The first-order valence-corrected chi connectivity index (χ1v) is 5.32. The Morgan fingerprint density at radius 2 is 2.13 bits per heavy atom. The molecule has 15 heavy (non-hydrogen) atoms. The Hall–Kier alpha value is -1.32. The van der Waals surface area contributed by atoms with Crippen LogP contribution in [0.15, 0.2) is 10.6 Å². The van der Waals surface area contributed by atoms with Gasteiger partial charge in [-0.1, -0.05) is 24.4 Å². The lowest BCUT2D eigenvalue weighted by molar-refractivity contribution is -0.146. The quantitative estimate of drug-likeness (QED) is 0.811. The third kappa shape index (κ3) is 1.64. The zero-order chi connectivity index (χ0) is 10.9. The molecule has 0 bridgehead atoms. The molecule has 4 heteroatoms. The predicted molar refractivity (Wildman–Crippen MR) is 53.6 cm³/mol. The number of rotatable bonds is 2. The van der Waals surface area contributed by atoms with Crippen molar-refractivity contribution in [2.45, 2.75) is 44.4 Å². The van der Waals surface area contributed by atoms with E-state index < -0.39 is 11.4 Å². The molecule has 1 saturated carbocycles. The summed E-state index contributed by atoms with van der Waals surface area (Å²) in [4.78, 5) is 11.4. The van der Waals surface area contributed by atoms with Crippen LogP contribution in [0.3, 0.4) is 0 Å². The largest absolute Gasteiger partial charge is 0.480 e. The van der Waals surface area contributed by atoms with Crippen molar-refractivity contribution in [3.8, 4) is 0 Å². The highest BCUT2D eigenvalue weighted by Gasteiger charge is 2.44. The lowest BCUT2D eigenvalue weighted by atomic mass is 9.72. The second-order valence-corrected chi connectivity index (χ2v) is 4.28. The first-order valence-electron chi connectivity index (χ1n) is 5.32. The van der Waals surface area contributed by atoms with Gasteiger partial charge in [0.15, 0.2) is 5.76 Å². The number of hydrogen-bond donors (Lipinski definition) is 1. The van der Waals surface area contributed by atoms with Crippen molar-refractivity contribution in [1.82, 2.24) is 5.16 Å². The zero-order valence-electron chi connectivity index (χ0n) is 8.82. The van der Waals surface area contributed by atoms with Crippen LogP contribution in [-0.4, -0.2) is 16.2 Å². The predicted octanol–water partition coefficient (Wildman–Crippen LogP) is 2.27. The molecule has 0 atom stereocenters. The lowest BCUT2D eigenvalue weighted by Gasteiger charge is -2.30. The van der Waals surface area contributed by atoms with Gasteiger partial charge >= 0.3 is 5.97 Å². The third-order valence-electron chi connectivity index (χ3n) is 3.22. The van der Waals surface area contributed by atoms with Gasteiger partial charge in [0.05, 0.1) is 5.69 Å². The minimum absolute atomic E-state index is 0.521. The maximum atomic E-state index is 11.4. The Balaban J connectivity index is 2.37. The second-order valence-electron chi connectivity index (χ2n) is 4.28. The summed E-state index contributed by atoms with van der Waals surface area (Å²) in [5.41, 5.74) is -0.0735. The highest BCUT2D eigenvalue weighted by Crippen LogP contribution is 2.39. The highest BCUT2D eigenvalue weighted by molar-refractivity contribution is 5.80. The number of carbonyl (C=O) groups is 1. The van der Waals surface area contributed by atoms with E-state index in [0.717, 1.165) is 25.0 Å². The summed E-state index contributed by atoms with van der Waals surface area (Å²) >= 11 is 0. The molecule has 0 unspecified atom stereocenters. The number of carboxylic acids is 1. The number of carboxylic acid groups (broad SMARTS) is 1. The van der Waals surface area contributed by atoms with Gasteiger partial charge in [0.1, 0.15) is 5.41 Å². The summed E-state index contributed by atoms with van der Waals surface area (Å²) in [6.07, 6.45) is 4.34. The number of aromatic nitrogens is 1. The van der Waals surface area contributed by atoms with Crippen LogP contribution < -0.4 is 0 Å². The van der Waals surface area contributed by atoms with E-state index in [2.05, 4.69) is 5.16 Å². The smallest absolute Gasteiger partial charge is 0.317 e. The van der Waals surface area contributed by atoms with Crippen LogP contribution in [0.4, 0.5) is 0 Å². The minimum Gasteiger partial charge on any atom is -0.480 e. The summed E-state index contributed by atoms with van der Waals surface area (Å²) in [5, 5.41) is 13.1. The van der Waals surface area contributed by atoms with Crippen molar-refractivity contribution in [3.63, 3.8) is 0 Å². The zero-order valence-corrected chi connectivity index (χ0v) is 8.82. The van der Waals surface area contributed by atoms with Crippen LogP contribution >= 0.6 is 0 Å². The van der Waals surface area contributed by atoms with E-state index in [0.29, 0.717) is 18.6 Å². The molecule has 0 radical (unpaired) electrons. The fourth-order valence-electron chi connectivity index (χ4n) is 2.31. The van der Waals surface area contributed by atoms with Crippen LogP contribution in [0.1, 0.15) is 43.6 Å². The van der Waals surface area contributed by atoms with E-state index in [1.165, 1.54) is 0 Å². The molecule has 1 heterocycles. The van der Waals surface area contributed by atoms with Crippen molar-refractivity contribution in [2.75, 3.05) is 0 Å². The van der Waals surface area contributed by atoms with E-state index in [-0.39, 0.29) is 0 Å². The standard InChI is InChI=1S/C11H15NO3/c1-8-7-9(15-12-8)11(10(13)14)5-3-2-4-6-11/h7H,2-6H2,1H3,(H,13,14). The van der Waals surface area contributed by atoms with E-state index in [1.54, 1.807) is 6.07 Å². The molecule has 1 aliphatic rings. The van der Waals surface area contributed by atoms with Gasteiger partial charge in [-0.15, -0.1) is 0 Å². The van der Waals surface area contributed by atoms with Gasteiger partial charge in [0.2, 0.25) is 0 Å². The van der Waals surface area contributed by atoms with Crippen molar-refractivity contribution in [2.24, 2.45) is 0 Å². The summed E-state index contributed by atoms with van der Waals surface area (Å²) < 4.78 is 5.14. The lowest BCUT2D eigenvalue weighted by Crippen LogP contribution is -2.37. The Morgan fingerprint density at radius 1 is 1.47 bits per heavy atom. The first-order chi connectivity index (χ1) is 7.15. The molecule has 0 spiro atoms. The summed E-state index contributed by atoms with van der Waals surface area (Å²) in [7, 11) is 0. The molecule has 1 N–H and O–H groups in total. The number of hydrogen-bond acceptors (Lipinski definition) is 3. The van der Waals surface area contributed by atoms with E-state index in [1.807, 2.05) is 6.92 Å². The monoisotopic (exact) mass is 209 g/mol. The van der Waals surface area contributed by atoms with Crippen molar-refractivity contribution in [3.05, 3.63) is 17.5 Å². The van der Waals surface area contributed by atoms with Crippen LogP contribution in [0.2, 0.25) is 0 Å². The average molecular weight is 209 g/mol. The van der Waals surface area contributed by atoms with E-state index in [9.17, 15) is 9.90 Å². The van der Waals surface area contributed by atoms with Crippen LogP contribution in [0, 0.1) is 6.92 Å². The van der Waals surface area contributed by atoms with Gasteiger partial charge in [-0.05, 0) is 19.8 Å². The number of aryl methyl sites for hydroxylation is 1. The summed E-state index contributed by atoms with van der Waals surface area (Å²) in [6.45, 7) is 1.81. The molecular weight excluding hydrogens is 194 g/mol. The van der Waals surface area contributed by atoms with Gasteiger partial charge in [0.25, 0.3) is 0 Å². The molecule has 1 aromatic rings. The molecule has 0 amide bonds. The summed E-state index contributed by atoms with van der Waals surface area (Å²) in [5.74, 6) is -0.259. The van der Waals surface area contributed by atoms with Gasteiger partial charge in [0, 0.05) is 6.07 Å². The van der Waals surface area contributed by atoms with Gasteiger partial charge in [-0.3, -0.25) is 4.79 Å². The van der Waals surface area contributed by atoms with E-state index >= 15 is 0 Å². The second kappa shape index (κ2) is 3.68. The van der Waals surface area contributed by atoms with Crippen LogP contribution in [0.25, 0.3) is 0 Å². The molecule has 4 nitrogen and oxygen atoms in total. The Labute approximate surface area is 88.3 Å². The van der Waals surface area contributed by atoms with Crippen LogP contribution in [-0.2, 0) is 10.2 Å². The average Bonchev–Trinajstić information content (AvgIpc) is 2.66. The SMILES string of the molecule is Cc1cc(C2(C(=O)O)CCCCC2)on1. The van der Waals surface area contributed by atoms with Crippen molar-refractivity contribution < 1.29 is 14.4 Å². The molecule has 82 valence electrons. The van der Waals surface area contributed by atoms with Crippen molar-refractivity contribution >= 4 is 5.97 Å². The van der Waals surface area contributed by atoms with Gasteiger partial charge < -0.3 is 9.63 Å². The van der Waals surface area contributed by atoms with Gasteiger partial charge in [-0.25, -0.2) is 0 Å². The minimum atomic E-state index is -0.820. The molecule has 0 aromatic carbocycles. The molecule has 1 fully saturated rings. The molecule has 2 rings (SSSR count). The molecule has 1 aromatic heterocycles. The Bertz CT molecular complexity index is 364. The third-order valence-corrected chi connectivity index (χ3v) is 3.22. The number of nitrogens with zero attached hydrogens (tertiary/aromatic N) is 1. The Kier molecular flexibility index (Phi) is 2.50. The molecule has 0 aliphatic heterocycles. The van der Waals surface area contributed by atoms with E-state index in [4.69, 9.17) is 4.52 Å². The maximum absolute atomic E-state index is 11.4. The molecule has 1 aliphatic carbocycles. The maximum Gasteiger partial charge on any atom is 0.317 e. The number of aliphatic carboxylic acids is 1. The first kappa shape index (κ1) is 10.2. The molecule has 0 saturated heterocycles. The molecular formula is C11H15NO3. The van der Waals surface area contributed by atoms with Gasteiger partial charge in [-0.2, -0.15) is 0 Å². The fourth-order valence-corrected chi connectivity index (χ4v) is 2.31. The van der Waals surface area contributed by atoms with Crippen molar-refractivity contribution in [1.29, 1.82) is 0 Å². The topological polar surface area (TPSA) is 63.3 Å². The fraction of sp³-hybridized carbons (Fsp3) is 0.636. The summed E-state index contributed by atoms with van der Waals surface area (Å²) in [6, 6.07) is 1.75. The normalized spacial score (nSPS) is 20.1. The van der Waals surface area contributed by atoms with Crippen LogP contribution in [0.5, 0.6) is 0 Å².